The van der Waals surface area contributed by atoms with Gasteiger partial charge in [0, 0.05) is 39.2 Å². The minimum atomic E-state index is -0.280. The first kappa shape index (κ1) is 20.3. The molecule has 0 bridgehead atoms. The highest BCUT2D eigenvalue weighted by molar-refractivity contribution is 6.35. The molecular formula is C25H23Cl2N3O. The van der Waals surface area contributed by atoms with Crippen LogP contribution < -0.4 is 5.32 Å². The maximum Gasteiger partial charge on any atom is 0.162 e. The standard InChI is InChI=1S/C25H23Cl2N3O/c1-14-21-22(17-10-9-15(26)11-18(17)27)23-19(12-25(2,3)13-20(23)31)28-24(21)30(29-14)16-7-5-4-6-8-16/h4-11,22,28H,12-13H2,1-3H3/t22-/m1/s1. The van der Waals surface area contributed by atoms with Crippen LogP contribution in [0.2, 0.25) is 10.0 Å². The summed E-state index contributed by atoms with van der Waals surface area (Å²) in [5.41, 5.74) is 5.34. The number of nitrogens with one attached hydrogen (secondary N) is 1. The van der Waals surface area contributed by atoms with Gasteiger partial charge in [0.05, 0.1) is 11.4 Å². The van der Waals surface area contributed by atoms with Crippen molar-refractivity contribution in [2.24, 2.45) is 5.41 Å². The van der Waals surface area contributed by atoms with Gasteiger partial charge in [-0.2, -0.15) is 5.10 Å². The lowest BCUT2D eigenvalue weighted by Crippen LogP contribution is -2.34. The number of ketones is 1. The SMILES string of the molecule is Cc1nn(-c2ccccc2)c2c1[C@@H](c1ccc(Cl)cc1Cl)C1=C(CC(C)(C)CC1=O)N2. The number of halogens is 2. The average molecular weight is 452 g/mol. The molecule has 1 N–H and O–H groups in total. The Morgan fingerprint density at radius 3 is 2.55 bits per heavy atom. The highest BCUT2D eigenvalue weighted by Crippen LogP contribution is 2.51. The van der Waals surface area contributed by atoms with Crippen molar-refractivity contribution >= 4 is 34.8 Å². The molecule has 0 unspecified atom stereocenters. The van der Waals surface area contributed by atoms with Gasteiger partial charge in [-0.15, -0.1) is 0 Å². The third kappa shape index (κ3) is 3.38. The van der Waals surface area contributed by atoms with Crippen LogP contribution in [0.1, 0.15) is 49.4 Å². The quantitative estimate of drug-likeness (QED) is 0.471. The summed E-state index contributed by atoms with van der Waals surface area (Å²) in [5.74, 6) is 0.772. The Labute approximate surface area is 191 Å². The summed E-state index contributed by atoms with van der Waals surface area (Å²) in [4.78, 5) is 13.4. The molecule has 0 saturated heterocycles. The van der Waals surface area contributed by atoms with E-state index in [2.05, 4.69) is 19.2 Å². The molecule has 4 nitrogen and oxygen atoms in total. The number of aryl methyl sites for hydroxylation is 1. The number of para-hydroxylation sites is 1. The molecule has 0 fully saturated rings. The van der Waals surface area contributed by atoms with E-state index >= 15 is 0 Å². The number of fused-ring (bicyclic) bond motifs is 1. The number of hydrogen-bond donors (Lipinski definition) is 1. The molecule has 31 heavy (non-hydrogen) atoms. The van der Waals surface area contributed by atoms with Crippen molar-refractivity contribution < 1.29 is 4.79 Å². The van der Waals surface area contributed by atoms with E-state index < -0.39 is 0 Å². The van der Waals surface area contributed by atoms with E-state index in [1.807, 2.05) is 54.1 Å². The second-order valence-electron chi connectivity index (χ2n) is 9.15. The molecular weight excluding hydrogens is 429 g/mol. The second-order valence-corrected chi connectivity index (χ2v) is 10.00. The summed E-state index contributed by atoms with van der Waals surface area (Å²) in [6.45, 7) is 6.26. The van der Waals surface area contributed by atoms with Crippen molar-refractivity contribution in [1.82, 2.24) is 9.78 Å². The number of hydrogen-bond acceptors (Lipinski definition) is 3. The van der Waals surface area contributed by atoms with E-state index in [1.54, 1.807) is 6.07 Å². The highest BCUT2D eigenvalue weighted by Gasteiger charge is 2.43. The van der Waals surface area contributed by atoms with Gasteiger partial charge in [-0.1, -0.05) is 61.3 Å². The van der Waals surface area contributed by atoms with Gasteiger partial charge >= 0.3 is 0 Å². The van der Waals surface area contributed by atoms with Crippen LogP contribution >= 0.6 is 23.2 Å². The zero-order valence-electron chi connectivity index (χ0n) is 17.7. The fourth-order valence-corrected chi connectivity index (χ4v) is 5.39. The lowest BCUT2D eigenvalue weighted by molar-refractivity contribution is -0.118. The van der Waals surface area contributed by atoms with Crippen LogP contribution in [0.4, 0.5) is 5.82 Å². The first-order valence-electron chi connectivity index (χ1n) is 10.4. The van der Waals surface area contributed by atoms with E-state index in [9.17, 15) is 4.79 Å². The van der Waals surface area contributed by atoms with Gasteiger partial charge in [0.1, 0.15) is 5.82 Å². The fourth-order valence-electron chi connectivity index (χ4n) is 4.88. The topological polar surface area (TPSA) is 46.9 Å². The number of nitrogens with zero attached hydrogens (tertiary/aromatic N) is 2. The van der Waals surface area contributed by atoms with E-state index in [0.29, 0.717) is 16.5 Å². The largest absolute Gasteiger partial charge is 0.343 e. The van der Waals surface area contributed by atoms with Crippen molar-refractivity contribution in [1.29, 1.82) is 0 Å². The van der Waals surface area contributed by atoms with Crippen LogP contribution in [0.25, 0.3) is 5.69 Å². The van der Waals surface area contributed by atoms with E-state index in [-0.39, 0.29) is 17.1 Å². The number of carbonyl (C=O) groups is 1. The van der Waals surface area contributed by atoms with Crippen LogP contribution in [0, 0.1) is 12.3 Å². The minimum Gasteiger partial charge on any atom is -0.343 e. The highest BCUT2D eigenvalue weighted by atomic mass is 35.5. The summed E-state index contributed by atoms with van der Waals surface area (Å²) >= 11 is 12.9. The number of anilines is 1. The zero-order chi connectivity index (χ0) is 21.9. The van der Waals surface area contributed by atoms with Crippen molar-refractivity contribution in [3.63, 3.8) is 0 Å². The lowest BCUT2D eigenvalue weighted by atomic mass is 9.69. The Balaban J connectivity index is 1.78. The predicted molar refractivity (Wildman–Crippen MR) is 125 cm³/mol. The van der Waals surface area contributed by atoms with E-state index in [0.717, 1.165) is 46.0 Å². The third-order valence-electron chi connectivity index (χ3n) is 6.15. The smallest absolute Gasteiger partial charge is 0.162 e. The molecule has 6 heteroatoms. The van der Waals surface area contributed by atoms with Crippen molar-refractivity contribution in [2.75, 3.05) is 5.32 Å². The number of Topliss-reactive ketones (excluding diaryl/α,β-unsaturated/α-hetero) is 1. The molecule has 2 heterocycles. The molecule has 0 amide bonds. The van der Waals surface area contributed by atoms with Gasteiger partial charge in [-0.25, -0.2) is 4.68 Å². The van der Waals surface area contributed by atoms with Gasteiger partial charge < -0.3 is 5.32 Å². The monoisotopic (exact) mass is 451 g/mol. The Morgan fingerprint density at radius 1 is 1.10 bits per heavy atom. The van der Waals surface area contributed by atoms with E-state index in [4.69, 9.17) is 28.3 Å². The molecule has 3 aromatic rings. The number of allylic oxidation sites excluding steroid dienone is 2. The van der Waals surface area contributed by atoms with Crippen LogP contribution in [-0.4, -0.2) is 15.6 Å². The van der Waals surface area contributed by atoms with Crippen molar-refractivity contribution in [3.8, 4) is 5.69 Å². The van der Waals surface area contributed by atoms with Gasteiger partial charge in [-0.05, 0) is 48.6 Å². The predicted octanol–water partition coefficient (Wildman–Crippen LogP) is 6.69. The molecule has 1 aliphatic carbocycles. The van der Waals surface area contributed by atoms with Gasteiger partial charge in [0.25, 0.3) is 0 Å². The number of benzene rings is 2. The van der Waals surface area contributed by atoms with Gasteiger partial charge in [0.2, 0.25) is 0 Å². The molecule has 0 radical (unpaired) electrons. The Bertz CT molecular complexity index is 1240. The molecule has 1 aliphatic heterocycles. The maximum absolute atomic E-state index is 13.4. The average Bonchev–Trinajstić information content (AvgIpc) is 3.03. The Kier molecular flexibility index (Phi) is 4.76. The molecule has 0 saturated carbocycles. The summed E-state index contributed by atoms with van der Waals surface area (Å²) in [5, 5.41) is 9.58. The number of rotatable bonds is 2. The van der Waals surface area contributed by atoms with E-state index in [1.165, 1.54) is 0 Å². The summed E-state index contributed by atoms with van der Waals surface area (Å²) in [6.07, 6.45) is 1.30. The fraction of sp³-hybridized carbons (Fsp3) is 0.280. The van der Waals surface area contributed by atoms with Gasteiger partial charge in [0.15, 0.2) is 5.78 Å². The summed E-state index contributed by atoms with van der Waals surface area (Å²) in [6, 6.07) is 15.5. The molecule has 158 valence electrons. The Hall–Kier alpha value is -2.56. The van der Waals surface area contributed by atoms with Gasteiger partial charge in [-0.3, -0.25) is 4.79 Å². The molecule has 2 aromatic carbocycles. The zero-order valence-corrected chi connectivity index (χ0v) is 19.2. The normalized spacial score (nSPS) is 19.6. The molecule has 5 rings (SSSR count). The van der Waals surface area contributed by atoms with Crippen LogP contribution in [0.5, 0.6) is 0 Å². The molecule has 1 atom stereocenters. The lowest BCUT2D eigenvalue weighted by Gasteiger charge is -2.39. The Morgan fingerprint density at radius 2 is 1.84 bits per heavy atom. The first-order valence-corrected chi connectivity index (χ1v) is 11.1. The summed E-state index contributed by atoms with van der Waals surface area (Å²) in [7, 11) is 0. The number of aromatic nitrogens is 2. The van der Waals surface area contributed by atoms with Crippen molar-refractivity contribution in [3.05, 3.63) is 86.7 Å². The molecule has 1 aromatic heterocycles. The molecule has 0 spiro atoms. The first-order chi connectivity index (χ1) is 14.7. The van der Waals surface area contributed by atoms with Crippen LogP contribution in [0.3, 0.4) is 0 Å². The second kappa shape index (κ2) is 7.25. The number of carbonyl (C=O) groups excluding carboxylic acids is 1. The molecule has 2 aliphatic rings. The summed E-state index contributed by atoms with van der Waals surface area (Å²) < 4.78 is 1.93. The third-order valence-corrected chi connectivity index (χ3v) is 6.71. The van der Waals surface area contributed by atoms with Crippen LogP contribution in [0.15, 0.2) is 59.8 Å². The maximum atomic E-state index is 13.4. The minimum absolute atomic E-state index is 0.110. The van der Waals surface area contributed by atoms with Crippen molar-refractivity contribution in [2.45, 2.75) is 39.5 Å². The van der Waals surface area contributed by atoms with Crippen LogP contribution in [-0.2, 0) is 4.79 Å².